The van der Waals surface area contributed by atoms with Gasteiger partial charge in [0.05, 0.1) is 0 Å². The number of hydrogen-bond acceptors (Lipinski definition) is 3. The van der Waals surface area contributed by atoms with Gasteiger partial charge >= 0.3 is 0 Å². The minimum atomic E-state index is -0.0789. The molecule has 1 aliphatic rings. The first-order valence-electron chi connectivity index (χ1n) is 5.82. The Hall–Kier alpha value is -1.22. The van der Waals surface area contributed by atoms with Crippen LogP contribution in [0.25, 0.3) is 0 Å². The summed E-state index contributed by atoms with van der Waals surface area (Å²) in [6.07, 6.45) is 1.96. The van der Waals surface area contributed by atoms with Crippen LogP contribution in [0.2, 0.25) is 0 Å². The van der Waals surface area contributed by atoms with E-state index >= 15 is 0 Å². The molecule has 0 amide bonds. The minimum absolute atomic E-state index is 0.0789. The van der Waals surface area contributed by atoms with Gasteiger partial charge in [0, 0.05) is 18.5 Å². The standard InChI is InChI=1S/C13H19NO2/c1-3-13(2)9-10-5-4-6-11(12(10)16-13)15-8-7-14/h4-6H,3,7-9,14H2,1-2H3/t13-/m0/s1. The van der Waals surface area contributed by atoms with E-state index in [1.54, 1.807) is 0 Å². The number of benzene rings is 1. The number of rotatable bonds is 4. The minimum Gasteiger partial charge on any atom is -0.488 e. The molecule has 0 unspecified atom stereocenters. The third kappa shape index (κ3) is 2.00. The van der Waals surface area contributed by atoms with E-state index in [0.717, 1.165) is 24.3 Å². The van der Waals surface area contributed by atoms with Crippen molar-refractivity contribution >= 4 is 0 Å². The quantitative estimate of drug-likeness (QED) is 0.847. The van der Waals surface area contributed by atoms with Crippen molar-refractivity contribution in [1.29, 1.82) is 0 Å². The van der Waals surface area contributed by atoms with Crippen LogP contribution in [0.4, 0.5) is 0 Å². The molecule has 1 aromatic carbocycles. The Morgan fingerprint density at radius 2 is 2.31 bits per heavy atom. The molecule has 1 atom stereocenters. The van der Waals surface area contributed by atoms with Crippen molar-refractivity contribution in [1.82, 2.24) is 0 Å². The zero-order valence-corrected chi connectivity index (χ0v) is 9.95. The van der Waals surface area contributed by atoms with Gasteiger partial charge in [0.25, 0.3) is 0 Å². The first-order valence-corrected chi connectivity index (χ1v) is 5.82. The summed E-state index contributed by atoms with van der Waals surface area (Å²) in [5.41, 5.74) is 6.59. The average molecular weight is 221 g/mol. The molecule has 2 N–H and O–H groups in total. The van der Waals surface area contributed by atoms with E-state index in [0.29, 0.717) is 13.2 Å². The average Bonchev–Trinajstić information content (AvgIpc) is 2.64. The fourth-order valence-corrected chi connectivity index (χ4v) is 1.98. The molecule has 0 spiro atoms. The molecule has 0 aromatic heterocycles. The number of para-hydroxylation sites is 1. The molecule has 2 rings (SSSR count). The molecule has 88 valence electrons. The Morgan fingerprint density at radius 1 is 1.50 bits per heavy atom. The van der Waals surface area contributed by atoms with Gasteiger partial charge in [-0.05, 0) is 19.4 Å². The summed E-state index contributed by atoms with van der Waals surface area (Å²) in [7, 11) is 0. The maximum Gasteiger partial charge on any atom is 0.165 e. The van der Waals surface area contributed by atoms with Crippen molar-refractivity contribution in [3.8, 4) is 11.5 Å². The Bertz CT molecular complexity index is 378. The van der Waals surface area contributed by atoms with E-state index in [4.69, 9.17) is 15.2 Å². The van der Waals surface area contributed by atoms with Gasteiger partial charge in [0.2, 0.25) is 0 Å². The predicted molar refractivity (Wildman–Crippen MR) is 64.0 cm³/mol. The highest BCUT2D eigenvalue weighted by atomic mass is 16.5. The smallest absolute Gasteiger partial charge is 0.165 e. The Labute approximate surface area is 96.5 Å². The molecule has 0 fully saturated rings. The van der Waals surface area contributed by atoms with Crippen molar-refractivity contribution in [2.75, 3.05) is 13.2 Å². The Balaban J connectivity index is 2.24. The van der Waals surface area contributed by atoms with Crippen LogP contribution in [0.3, 0.4) is 0 Å². The third-order valence-corrected chi connectivity index (χ3v) is 3.10. The highest BCUT2D eigenvalue weighted by Gasteiger charge is 2.34. The number of hydrogen-bond donors (Lipinski definition) is 1. The van der Waals surface area contributed by atoms with Gasteiger partial charge in [-0.3, -0.25) is 0 Å². The lowest BCUT2D eigenvalue weighted by atomic mass is 9.97. The van der Waals surface area contributed by atoms with Crippen LogP contribution in [-0.4, -0.2) is 18.8 Å². The predicted octanol–water partition coefficient (Wildman–Crippen LogP) is 2.13. The van der Waals surface area contributed by atoms with E-state index in [-0.39, 0.29) is 5.60 Å². The summed E-state index contributed by atoms with van der Waals surface area (Å²) >= 11 is 0. The summed E-state index contributed by atoms with van der Waals surface area (Å²) in [6.45, 7) is 5.34. The van der Waals surface area contributed by atoms with Gasteiger partial charge in [0.1, 0.15) is 12.2 Å². The highest BCUT2D eigenvalue weighted by Crippen LogP contribution is 2.42. The summed E-state index contributed by atoms with van der Waals surface area (Å²) < 4.78 is 11.6. The van der Waals surface area contributed by atoms with E-state index < -0.39 is 0 Å². The van der Waals surface area contributed by atoms with Crippen LogP contribution in [0.1, 0.15) is 25.8 Å². The van der Waals surface area contributed by atoms with Crippen LogP contribution in [-0.2, 0) is 6.42 Å². The zero-order valence-electron chi connectivity index (χ0n) is 9.95. The second-order valence-corrected chi connectivity index (χ2v) is 4.46. The molecule has 3 nitrogen and oxygen atoms in total. The molecular formula is C13H19NO2. The lowest BCUT2D eigenvalue weighted by Gasteiger charge is -2.22. The van der Waals surface area contributed by atoms with Crippen LogP contribution in [0.15, 0.2) is 18.2 Å². The largest absolute Gasteiger partial charge is 0.488 e. The van der Waals surface area contributed by atoms with Crippen molar-refractivity contribution in [3.63, 3.8) is 0 Å². The van der Waals surface area contributed by atoms with Gasteiger partial charge < -0.3 is 15.2 Å². The van der Waals surface area contributed by atoms with Crippen molar-refractivity contribution in [3.05, 3.63) is 23.8 Å². The Morgan fingerprint density at radius 3 is 3.00 bits per heavy atom. The topological polar surface area (TPSA) is 44.5 Å². The van der Waals surface area contributed by atoms with Crippen LogP contribution in [0, 0.1) is 0 Å². The third-order valence-electron chi connectivity index (χ3n) is 3.10. The van der Waals surface area contributed by atoms with Gasteiger partial charge in [-0.15, -0.1) is 0 Å². The highest BCUT2D eigenvalue weighted by molar-refractivity contribution is 5.50. The SMILES string of the molecule is CC[C@@]1(C)Cc2cccc(OCCN)c2O1. The second-order valence-electron chi connectivity index (χ2n) is 4.46. The molecule has 3 heteroatoms. The first kappa shape index (κ1) is 11.3. The van der Waals surface area contributed by atoms with Gasteiger partial charge in [-0.1, -0.05) is 19.1 Å². The fraction of sp³-hybridized carbons (Fsp3) is 0.538. The molecule has 16 heavy (non-hydrogen) atoms. The van der Waals surface area contributed by atoms with Crippen LogP contribution < -0.4 is 15.2 Å². The summed E-state index contributed by atoms with van der Waals surface area (Å²) in [6, 6.07) is 6.05. The molecule has 0 bridgehead atoms. The van der Waals surface area contributed by atoms with Crippen LogP contribution >= 0.6 is 0 Å². The van der Waals surface area contributed by atoms with E-state index in [1.807, 2.05) is 12.1 Å². The van der Waals surface area contributed by atoms with E-state index in [2.05, 4.69) is 19.9 Å². The molecule has 1 aromatic rings. The lowest BCUT2D eigenvalue weighted by Crippen LogP contribution is -2.28. The number of nitrogens with two attached hydrogens (primary N) is 1. The molecule has 1 heterocycles. The first-order chi connectivity index (χ1) is 7.68. The maximum atomic E-state index is 6.01. The molecular weight excluding hydrogens is 202 g/mol. The van der Waals surface area contributed by atoms with Gasteiger partial charge in [0.15, 0.2) is 11.5 Å². The fourth-order valence-electron chi connectivity index (χ4n) is 1.98. The normalized spacial score (nSPS) is 22.7. The van der Waals surface area contributed by atoms with Crippen molar-refractivity contribution < 1.29 is 9.47 Å². The second kappa shape index (κ2) is 4.34. The van der Waals surface area contributed by atoms with E-state index in [1.165, 1.54) is 5.56 Å². The molecule has 0 saturated carbocycles. The zero-order chi connectivity index (χ0) is 11.6. The van der Waals surface area contributed by atoms with Gasteiger partial charge in [-0.2, -0.15) is 0 Å². The number of ether oxygens (including phenoxy) is 2. The van der Waals surface area contributed by atoms with Crippen LogP contribution in [0.5, 0.6) is 11.5 Å². The van der Waals surface area contributed by atoms with Gasteiger partial charge in [-0.25, -0.2) is 0 Å². The molecule has 1 aliphatic heterocycles. The Kier molecular flexibility index (Phi) is 3.06. The number of fused-ring (bicyclic) bond motifs is 1. The van der Waals surface area contributed by atoms with Crippen molar-refractivity contribution in [2.45, 2.75) is 32.3 Å². The summed E-state index contributed by atoms with van der Waals surface area (Å²) in [5, 5.41) is 0. The maximum absolute atomic E-state index is 6.01. The summed E-state index contributed by atoms with van der Waals surface area (Å²) in [4.78, 5) is 0. The van der Waals surface area contributed by atoms with E-state index in [9.17, 15) is 0 Å². The lowest BCUT2D eigenvalue weighted by molar-refractivity contribution is 0.107. The summed E-state index contributed by atoms with van der Waals surface area (Å²) in [5.74, 6) is 1.72. The molecule has 0 saturated heterocycles. The molecule has 0 aliphatic carbocycles. The molecule has 0 radical (unpaired) electrons. The monoisotopic (exact) mass is 221 g/mol. The van der Waals surface area contributed by atoms with Crippen molar-refractivity contribution in [2.24, 2.45) is 5.73 Å².